The second-order valence-electron chi connectivity index (χ2n) is 10.5. The van der Waals surface area contributed by atoms with Crippen LogP contribution in [0.5, 0.6) is 0 Å². The van der Waals surface area contributed by atoms with Gasteiger partial charge in [0, 0.05) is 18.5 Å². The number of benzene rings is 4. The predicted octanol–water partition coefficient (Wildman–Crippen LogP) is 10.2. The van der Waals surface area contributed by atoms with E-state index in [-0.39, 0.29) is 12.8 Å². The summed E-state index contributed by atoms with van der Waals surface area (Å²) in [4.78, 5) is 1.30. The summed E-state index contributed by atoms with van der Waals surface area (Å²) in [5.41, 5.74) is 7.38. The molecule has 0 saturated heterocycles. The van der Waals surface area contributed by atoms with E-state index in [2.05, 4.69) is 6.58 Å². The molecule has 0 spiro atoms. The Kier molecular flexibility index (Phi) is 7.11. The topological polar surface area (TPSA) is 3.24 Å². The van der Waals surface area contributed by atoms with E-state index in [9.17, 15) is 0 Å². The van der Waals surface area contributed by atoms with Crippen molar-refractivity contribution in [2.75, 3.05) is 4.90 Å². The van der Waals surface area contributed by atoms with Gasteiger partial charge in [0.15, 0.2) is 0 Å². The zero-order valence-electron chi connectivity index (χ0n) is 22.8. The lowest BCUT2D eigenvalue weighted by molar-refractivity contribution is 0.113. The molecule has 6 rings (SSSR count). The molecule has 0 radical (unpaired) electrons. The molecular weight excluding hydrogens is 508 g/mol. The van der Waals surface area contributed by atoms with Crippen molar-refractivity contribution in [1.29, 1.82) is 0 Å². The van der Waals surface area contributed by atoms with Crippen molar-refractivity contribution in [3.63, 3.8) is 0 Å². The molecule has 0 aromatic heterocycles. The van der Waals surface area contributed by atoms with Crippen LogP contribution in [-0.4, -0.2) is 11.6 Å². The van der Waals surface area contributed by atoms with E-state index in [0.29, 0.717) is 5.69 Å². The molecule has 0 heterocycles. The Morgan fingerprint density at radius 1 is 0.561 bits per heavy atom. The maximum atomic E-state index is 17.1. The summed E-state index contributed by atoms with van der Waals surface area (Å²) in [6.45, 7) is 3.81. The Morgan fingerprint density at radius 2 is 1.00 bits per heavy atom. The minimum absolute atomic E-state index is 0.0211. The number of halogens is 2. The first kappa shape index (κ1) is 26.5. The van der Waals surface area contributed by atoms with Crippen LogP contribution in [-0.2, 0) is 0 Å². The first-order valence-corrected chi connectivity index (χ1v) is 13.9. The molecule has 0 bridgehead atoms. The summed E-state index contributed by atoms with van der Waals surface area (Å²) in [7, 11) is 0. The van der Waals surface area contributed by atoms with Crippen LogP contribution in [0.25, 0.3) is 28.3 Å². The predicted molar refractivity (Wildman–Crippen MR) is 168 cm³/mol. The summed E-state index contributed by atoms with van der Waals surface area (Å²) in [5, 5.41) is 0. The summed E-state index contributed by atoms with van der Waals surface area (Å²) < 4.78 is 34.1. The molecule has 2 unspecified atom stereocenters. The lowest BCUT2D eigenvalue weighted by Gasteiger charge is -2.46. The van der Waals surface area contributed by atoms with Gasteiger partial charge in [-0.1, -0.05) is 134 Å². The minimum atomic E-state index is -2.07. The molecule has 0 amide bonds. The summed E-state index contributed by atoms with van der Waals surface area (Å²) in [6.07, 6.45) is 12.1. The lowest BCUT2D eigenvalue weighted by atomic mass is 9.89. The van der Waals surface area contributed by atoms with Gasteiger partial charge in [-0.15, -0.1) is 0 Å². The van der Waals surface area contributed by atoms with Gasteiger partial charge in [-0.25, -0.2) is 8.78 Å². The highest BCUT2D eigenvalue weighted by Crippen LogP contribution is 2.45. The Bertz CT molecular complexity index is 1570. The van der Waals surface area contributed by atoms with Gasteiger partial charge in [0.25, 0.3) is 0 Å². The lowest BCUT2D eigenvalue weighted by Crippen LogP contribution is -2.56. The fraction of sp³-hybridized carbons (Fsp3) is 0.105. The van der Waals surface area contributed by atoms with Gasteiger partial charge in [0.1, 0.15) is 0 Å². The van der Waals surface area contributed by atoms with E-state index >= 15 is 8.78 Å². The van der Waals surface area contributed by atoms with Crippen LogP contribution in [0.3, 0.4) is 0 Å². The van der Waals surface area contributed by atoms with Gasteiger partial charge in [0.2, 0.25) is 11.6 Å². The Labute approximate surface area is 240 Å². The Hall–Kier alpha value is -4.76. The third kappa shape index (κ3) is 5.36. The number of nitrogens with zero attached hydrogens (tertiary/aromatic N) is 1. The summed E-state index contributed by atoms with van der Waals surface area (Å²) in [6, 6.07) is 35.3. The van der Waals surface area contributed by atoms with Crippen molar-refractivity contribution < 1.29 is 8.78 Å². The number of allylic oxidation sites excluding steroid dienone is 4. The molecular formula is C38H31F2N. The van der Waals surface area contributed by atoms with Crippen LogP contribution in [0, 0.1) is 0 Å². The highest BCUT2D eigenvalue weighted by Gasteiger charge is 2.48. The van der Waals surface area contributed by atoms with Gasteiger partial charge in [-0.2, -0.15) is 0 Å². The number of hydrogen-bond acceptors (Lipinski definition) is 1. The molecule has 0 saturated carbocycles. The van der Waals surface area contributed by atoms with Crippen molar-refractivity contribution in [1.82, 2.24) is 0 Å². The molecule has 3 heteroatoms. The third-order valence-electron chi connectivity index (χ3n) is 7.82. The van der Waals surface area contributed by atoms with Crippen LogP contribution in [0.1, 0.15) is 29.5 Å². The molecule has 202 valence electrons. The maximum absolute atomic E-state index is 17.1. The van der Waals surface area contributed by atoms with Gasteiger partial charge in [-0.05, 0) is 63.2 Å². The molecule has 0 N–H and O–H groups in total. The fourth-order valence-electron chi connectivity index (χ4n) is 5.59. The van der Waals surface area contributed by atoms with Crippen molar-refractivity contribution >= 4 is 22.9 Å². The average Bonchev–Trinajstić information content (AvgIpc) is 3.03. The number of hydrogen-bond donors (Lipinski definition) is 0. The zero-order chi connectivity index (χ0) is 28.3. The quantitative estimate of drug-likeness (QED) is 0.211. The van der Waals surface area contributed by atoms with Gasteiger partial charge in [0.05, 0.1) is 0 Å². The molecule has 41 heavy (non-hydrogen) atoms. The Morgan fingerprint density at radius 3 is 1.39 bits per heavy atom. The molecule has 2 aliphatic rings. The minimum Gasteiger partial charge on any atom is -0.299 e. The average molecular weight is 540 g/mol. The smallest absolute Gasteiger partial charge is 0.208 e. The van der Waals surface area contributed by atoms with Crippen molar-refractivity contribution in [2.24, 2.45) is 0 Å². The zero-order valence-corrected chi connectivity index (χ0v) is 22.8. The van der Waals surface area contributed by atoms with Gasteiger partial charge in [-0.3, -0.25) is 4.90 Å². The van der Waals surface area contributed by atoms with Crippen LogP contribution < -0.4 is 4.90 Å². The SMILES string of the molecule is C=Cc1ccc(-c2ccc(N(C3(F)C=CC(c4ccccc4)=CC3)C3(F)C=CC(c4ccccc4)=CC3)cc2)cc1. The van der Waals surface area contributed by atoms with Gasteiger partial charge >= 0.3 is 0 Å². The number of alkyl halides is 2. The van der Waals surface area contributed by atoms with Crippen molar-refractivity contribution in [2.45, 2.75) is 24.4 Å². The van der Waals surface area contributed by atoms with Crippen LogP contribution >= 0.6 is 0 Å². The van der Waals surface area contributed by atoms with Crippen molar-refractivity contribution in [3.05, 3.63) is 169 Å². The van der Waals surface area contributed by atoms with Crippen LogP contribution in [0.4, 0.5) is 14.5 Å². The maximum Gasteiger partial charge on any atom is 0.208 e. The van der Waals surface area contributed by atoms with Crippen LogP contribution in [0.15, 0.2) is 152 Å². The van der Waals surface area contributed by atoms with E-state index in [1.54, 1.807) is 18.2 Å². The standard InChI is InChI=1S/C38H31F2N/c1-2-29-13-15-32(16-14-29)33-17-19-36(20-18-33)41(37(39)25-21-34(22-26-37)30-9-5-3-6-10-30)38(40)27-23-35(24-28-38)31-11-7-4-8-12-31/h2-25,27H,1,26,28H2. The molecule has 1 nitrogen and oxygen atoms in total. The van der Waals surface area contributed by atoms with E-state index in [1.807, 2.05) is 121 Å². The monoisotopic (exact) mass is 539 g/mol. The molecule has 4 aromatic carbocycles. The molecule has 2 atom stereocenters. The van der Waals surface area contributed by atoms with E-state index < -0.39 is 11.6 Å². The summed E-state index contributed by atoms with van der Waals surface area (Å²) in [5.74, 6) is -4.13. The first-order valence-electron chi connectivity index (χ1n) is 13.9. The molecule has 2 aliphatic carbocycles. The number of rotatable bonds is 7. The largest absolute Gasteiger partial charge is 0.299 e. The number of anilines is 1. The molecule has 4 aromatic rings. The second kappa shape index (κ2) is 11.0. The first-order chi connectivity index (χ1) is 20.0. The highest BCUT2D eigenvalue weighted by atomic mass is 19.2. The third-order valence-corrected chi connectivity index (χ3v) is 7.82. The van der Waals surface area contributed by atoms with E-state index in [4.69, 9.17) is 0 Å². The fourth-order valence-corrected chi connectivity index (χ4v) is 5.59. The van der Waals surface area contributed by atoms with E-state index in [0.717, 1.165) is 39.0 Å². The van der Waals surface area contributed by atoms with Gasteiger partial charge < -0.3 is 0 Å². The summed E-state index contributed by atoms with van der Waals surface area (Å²) >= 11 is 0. The molecule has 0 aliphatic heterocycles. The second-order valence-corrected chi connectivity index (χ2v) is 10.5. The highest BCUT2D eigenvalue weighted by molar-refractivity contribution is 5.78. The van der Waals surface area contributed by atoms with Crippen molar-refractivity contribution in [3.8, 4) is 11.1 Å². The van der Waals surface area contributed by atoms with E-state index in [1.165, 1.54) is 17.1 Å². The molecule has 0 fully saturated rings. The van der Waals surface area contributed by atoms with Crippen LogP contribution in [0.2, 0.25) is 0 Å². The normalized spacial score (nSPS) is 21.6. The Balaban J connectivity index is 1.35.